The summed E-state index contributed by atoms with van der Waals surface area (Å²) < 4.78 is 86.5. The first-order valence-corrected chi connectivity index (χ1v) is 14.9. The number of halogens is 7. The number of H-pyrrole nitrogens is 1. The molecule has 0 aliphatic carbocycles. The van der Waals surface area contributed by atoms with Crippen molar-refractivity contribution in [3.05, 3.63) is 105 Å². The van der Waals surface area contributed by atoms with Gasteiger partial charge in [0.05, 0.1) is 5.92 Å². The highest BCUT2D eigenvalue weighted by Crippen LogP contribution is 2.34. The molecule has 20 heteroatoms. The van der Waals surface area contributed by atoms with Crippen LogP contribution in [-0.4, -0.2) is 92.2 Å². The van der Waals surface area contributed by atoms with Gasteiger partial charge >= 0.3 is 30.0 Å². The van der Waals surface area contributed by atoms with Gasteiger partial charge in [-0.2, -0.15) is 31.0 Å². The zero-order chi connectivity index (χ0) is 39.4. The molecule has 0 fully saturated rings. The van der Waals surface area contributed by atoms with Crippen LogP contribution in [-0.2, 0) is 22.4 Å². The van der Waals surface area contributed by atoms with Crippen LogP contribution < -0.4 is 16.2 Å². The number of carboxylic acids is 2. The Kier molecular flexibility index (Phi) is 15.0. The minimum atomic E-state index is -5.08. The first-order valence-electron chi connectivity index (χ1n) is 14.9. The minimum absolute atomic E-state index is 0.0345. The van der Waals surface area contributed by atoms with Crippen LogP contribution in [0.5, 0.6) is 5.75 Å². The van der Waals surface area contributed by atoms with Crippen molar-refractivity contribution in [2.24, 2.45) is 5.73 Å². The Labute approximate surface area is 291 Å². The monoisotopic (exact) mass is 745 g/mol. The van der Waals surface area contributed by atoms with E-state index in [9.17, 15) is 31.1 Å². The second-order valence-electron chi connectivity index (χ2n) is 10.9. The van der Waals surface area contributed by atoms with Crippen LogP contribution in [0.2, 0.25) is 0 Å². The van der Waals surface area contributed by atoms with Crippen LogP contribution in [0.3, 0.4) is 0 Å². The SMILES string of the molecule is CCc1cc(OCCN(C)C)c(F)c(C(Cc2ccc(C(=N)N)cc2)c2nn(-c3ccccn3)c(=O)[nH]2)c1.O=C(O)C(F)(F)F.O=C(O)C(F)(F)F. The Morgan fingerprint density at radius 2 is 1.58 bits per heavy atom. The summed E-state index contributed by atoms with van der Waals surface area (Å²) in [5, 5.41) is 26.4. The summed E-state index contributed by atoms with van der Waals surface area (Å²) in [6.07, 6.45) is -7.57. The van der Waals surface area contributed by atoms with E-state index in [2.05, 4.69) is 15.1 Å². The molecule has 2 aromatic carbocycles. The number of benzene rings is 2. The number of nitrogens with two attached hydrogens (primary N) is 1. The molecule has 0 saturated carbocycles. The van der Waals surface area contributed by atoms with E-state index in [4.69, 9.17) is 35.7 Å². The number of likely N-dealkylation sites (N-methyl/N-ethyl adjacent to an activating group) is 1. The highest BCUT2D eigenvalue weighted by atomic mass is 19.4. The van der Waals surface area contributed by atoms with Crippen molar-refractivity contribution >= 4 is 17.8 Å². The van der Waals surface area contributed by atoms with Gasteiger partial charge in [0.15, 0.2) is 17.4 Å². The smallest absolute Gasteiger partial charge is 0.489 e. The number of carboxylic acid groups (broad SMARTS) is 2. The molecular formula is C32H34F7N7O6. The van der Waals surface area contributed by atoms with E-state index >= 15 is 4.39 Å². The fraction of sp³-hybridized carbons (Fsp3) is 0.312. The predicted molar refractivity (Wildman–Crippen MR) is 172 cm³/mol. The minimum Gasteiger partial charge on any atom is -0.489 e. The fourth-order valence-corrected chi connectivity index (χ4v) is 4.12. The lowest BCUT2D eigenvalue weighted by molar-refractivity contribution is -0.193. The zero-order valence-corrected chi connectivity index (χ0v) is 27.7. The van der Waals surface area contributed by atoms with Gasteiger partial charge in [0.2, 0.25) is 0 Å². The van der Waals surface area contributed by atoms with Gasteiger partial charge in [-0.1, -0.05) is 43.3 Å². The van der Waals surface area contributed by atoms with Gasteiger partial charge in [0, 0.05) is 23.9 Å². The number of hydrogen-bond donors (Lipinski definition) is 5. The van der Waals surface area contributed by atoms with E-state index in [1.165, 1.54) is 4.68 Å². The molecule has 2 aromatic heterocycles. The van der Waals surface area contributed by atoms with Crippen LogP contribution >= 0.6 is 0 Å². The normalized spacial score (nSPS) is 11.8. The number of hydrogen-bond acceptors (Lipinski definition) is 8. The van der Waals surface area contributed by atoms with Gasteiger partial charge < -0.3 is 25.6 Å². The molecule has 4 aromatic rings. The zero-order valence-electron chi connectivity index (χ0n) is 27.7. The quantitative estimate of drug-likeness (QED) is 0.0826. The van der Waals surface area contributed by atoms with Gasteiger partial charge in [-0.05, 0) is 56.3 Å². The second kappa shape index (κ2) is 18.4. The molecule has 1 unspecified atom stereocenters. The molecule has 0 spiro atoms. The van der Waals surface area contributed by atoms with E-state index in [1.54, 1.807) is 48.7 Å². The molecule has 0 amide bonds. The number of amidine groups is 1. The second-order valence-corrected chi connectivity index (χ2v) is 10.9. The molecule has 4 rings (SSSR count). The third kappa shape index (κ3) is 12.8. The first kappa shape index (κ1) is 42.4. The highest BCUT2D eigenvalue weighted by Gasteiger charge is 2.39. The Morgan fingerprint density at radius 3 is 2.04 bits per heavy atom. The number of alkyl halides is 6. The van der Waals surface area contributed by atoms with Gasteiger partial charge in [-0.15, -0.1) is 5.10 Å². The number of aliphatic carboxylic acids is 2. The maximum atomic E-state index is 16.0. The van der Waals surface area contributed by atoms with E-state index in [0.717, 1.165) is 11.1 Å². The molecule has 0 aliphatic rings. The van der Waals surface area contributed by atoms with E-state index < -0.39 is 41.7 Å². The largest absolute Gasteiger partial charge is 0.490 e. The van der Waals surface area contributed by atoms with Crippen molar-refractivity contribution in [3.8, 4) is 11.6 Å². The van der Waals surface area contributed by atoms with Gasteiger partial charge in [-0.3, -0.25) is 10.4 Å². The Bertz CT molecular complexity index is 1840. The van der Waals surface area contributed by atoms with Crippen molar-refractivity contribution in [2.75, 3.05) is 27.2 Å². The third-order valence-corrected chi connectivity index (χ3v) is 6.73. The van der Waals surface area contributed by atoms with Crippen molar-refractivity contribution in [3.63, 3.8) is 0 Å². The maximum absolute atomic E-state index is 16.0. The van der Waals surface area contributed by atoms with E-state index in [-0.39, 0.29) is 11.6 Å². The van der Waals surface area contributed by atoms with Crippen molar-refractivity contribution in [1.29, 1.82) is 5.41 Å². The van der Waals surface area contributed by atoms with Crippen LogP contribution in [0.1, 0.15) is 40.9 Å². The average Bonchev–Trinajstić information content (AvgIpc) is 3.45. The molecule has 282 valence electrons. The molecule has 0 aliphatic heterocycles. The Hall–Kier alpha value is -5.79. The third-order valence-electron chi connectivity index (χ3n) is 6.73. The molecule has 1 atom stereocenters. The van der Waals surface area contributed by atoms with Crippen molar-refractivity contribution in [1.82, 2.24) is 24.6 Å². The number of aromatic nitrogens is 4. The van der Waals surface area contributed by atoms with E-state index in [1.807, 2.05) is 38.1 Å². The van der Waals surface area contributed by atoms with Crippen LogP contribution in [0.4, 0.5) is 30.7 Å². The van der Waals surface area contributed by atoms with Gasteiger partial charge in [0.25, 0.3) is 0 Å². The number of carbonyl (C=O) groups is 2. The molecular weight excluding hydrogens is 711 g/mol. The molecule has 13 nitrogen and oxygen atoms in total. The summed E-state index contributed by atoms with van der Waals surface area (Å²) in [5.74, 6) is -5.82. The van der Waals surface area contributed by atoms with Crippen LogP contribution in [0.15, 0.2) is 65.6 Å². The Balaban J connectivity index is 0.000000564. The van der Waals surface area contributed by atoms with Crippen LogP contribution in [0, 0.1) is 11.2 Å². The molecule has 6 N–H and O–H groups in total. The van der Waals surface area contributed by atoms with Gasteiger partial charge in [0.1, 0.15) is 18.3 Å². The summed E-state index contributed by atoms with van der Waals surface area (Å²) in [7, 11) is 3.85. The maximum Gasteiger partial charge on any atom is 0.490 e. The molecule has 0 saturated heterocycles. The molecule has 0 bridgehead atoms. The number of nitrogens with one attached hydrogen (secondary N) is 2. The number of pyridine rings is 1. The molecule has 52 heavy (non-hydrogen) atoms. The summed E-state index contributed by atoms with van der Waals surface area (Å²) in [6, 6.07) is 15.9. The molecule has 2 heterocycles. The summed E-state index contributed by atoms with van der Waals surface area (Å²) in [5.41, 5.74) is 7.88. The summed E-state index contributed by atoms with van der Waals surface area (Å²) in [4.78, 5) is 39.7. The number of nitrogens with zero attached hydrogens (tertiary/aromatic N) is 4. The number of rotatable bonds is 11. The lowest BCUT2D eigenvalue weighted by Crippen LogP contribution is -2.21. The van der Waals surface area contributed by atoms with Crippen LogP contribution in [0.25, 0.3) is 5.82 Å². The lowest BCUT2D eigenvalue weighted by Gasteiger charge is -2.20. The average molecular weight is 746 g/mol. The number of nitrogen functional groups attached to an aromatic ring is 1. The van der Waals surface area contributed by atoms with Crippen molar-refractivity contribution < 1.29 is 55.3 Å². The summed E-state index contributed by atoms with van der Waals surface area (Å²) in [6.45, 7) is 2.96. The highest BCUT2D eigenvalue weighted by molar-refractivity contribution is 5.94. The lowest BCUT2D eigenvalue weighted by atomic mass is 9.89. The Morgan fingerprint density at radius 1 is 1.00 bits per heavy atom. The molecule has 0 radical (unpaired) electrons. The predicted octanol–water partition coefficient (Wildman–Crippen LogP) is 4.52. The van der Waals surface area contributed by atoms with Crippen molar-refractivity contribution in [2.45, 2.75) is 38.0 Å². The number of aromatic amines is 1. The first-order chi connectivity index (χ1) is 24.1. The number of aryl methyl sites for hydroxylation is 1. The fourth-order valence-electron chi connectivity index (χ4n) is 4.12. The van der Waals surface area contributed by atoms with E-state index in [0.29, 0.717) is 48.8 Å². The summed E-state index contributed by atoms with van der Waals surface area (Å²) >= 11 is 0. The number of ether oxygens (including phenoxy) is 1. The topological polar surface area (TPSA) is 201 Å². The standard InChI is InChI=1S/C28H32FN7O2.2C2HF3O2/c1-4-18-15-21(25(29)23(17-18)38-14-13-35(2)3)22(16-19-8-10-20(11-9-19)26(30)31)27-33-28(37)36(34-27)24-7-5-6-12-32-24;2*3-2(4,5)1(6)7/h5-12,15,17,22H,4,13-14,16H2,1-3H3,(H3,30,31)(H,33,34,37);2*(H,6,7). The van der Waals surface area contributed by atoms with Gasteiger partial charge in [-0.25, -0.2) is 23.8 Å².